The minimum absolute atomic E-state index is 0. The molecule has 12 heavy (non-hydrogen) atoms. The summed E-state index contributed by atoms with van der Waals surface area (Å²) in [6.45, 7) is 2.44. The average Bonchev–Trinajstić information content (AvgIpc) is 2.86. The average molecular weight is 188 g/mol. The fourth-order valence-electron chi connectivity index (χ4n) is 1.65. The molecule has 1 saturated heterocycles. The molecule has 0 radical (unpaired) electrons. The van der Waals surface area contributed by atoms with Gasteiger partial charge in [-0.1, -0.05) is 12.2 Å². The Labute approximate surface area is 81.0 Å². The Hall–Kier alpha value is -0.0100. The Morgan fingerprint density at radius 2 is 1.75 bits per heavy atom. The monoisotopic (exact) mass is 187 g/mol. The third kappa shape index (κ3) is 3.16. The second kappa shape index (κ2) is 4.88. The van der Waals surface area contributed by atoms with Crippen LogP contribution in [-0.4, -0.2) is 13.1 Å². The minimum Gasteiger partial charge on any atom is -0.316 e. The van der Waals surface area contributed by atoms with E-state index in [9.17, 15) is 0 Å². The van der Waals surface area contributed by atoms with E-state index in [2.05, 4.69) is 17.5 Å². The van der Waals surface area contributed by atoms with Gasteiger partial charge in [0.25, 0.3) is 0 Å². The lowest BCUT2D eigenvalue weighted by atomic mass is 9.99. The summed E-state index contributed by atoms with van der Waals surface area (Å²) in [6.07, 6.45) is 10.5. The molecule has 1 N–H and O–H groups in total. The van der Waals surface area contributed by atoms with Crippen molar-refractivity contribution in [1.82, 2.24) is 5.32 Å². The van der Waals surface area contributed by atoms with E-state index in [1.807, 2.05) is 0 Å². The van der Waals surface area contributed by atoms with Crippen LogP contribution in [0.1, 0.15) is 25.7 Å². The highest BCUT2D eigenvalue weighted by Crippen LogP contribution is 2.30. The molecule has 0 aromatic heterocycles. The molecule has 1 saturated carbocycles. The summed E-state index contributed by atoms with van der Waals surface area (Å²) in [4.78, 5) is 0. The van der Waals surface area contributed by atoms with Crippen molar-refractivity contribution in [1.29, 1.82) is 0 Å². The van der Waals surface area contributed by atoms with Crippen molar-refractivity contribution < 1.29 is 0 Å². The van der Waals surface area contributed by atoms with E-state index in [0.29, 0.717) is 0 Å². The molecule has 2 heteroatoms. The van der Waals surface area contributed by atoms with Crippen molar-refractivity contribution in [2.24, 2.45) is 11.8 Å². The predicted molar refractivity (Wildman–Crippen MR) is 54.7 cm³/mol. The van der Waals surface area contributed by atoms with Crippen molar-refractivity contribution in [3.05, 3.63) is 12.2 Å². The van der Waals surface area contributed by atoms with Crippen LogP contribution in [0.5, 0.6) is 0 Å². The highest BCUT2D eigenvalue weighted by atomic mass is 35.5. The zero-order valence-corrected chi connectivity index (χ0v) is 8.28. The normalized spacial score (nSPS) is 30.2. The van der Waals surface area contributed by atoms with Gasteiger partial charge in [0.05, 0.1) is 0 Å². The van der Waals surface area contributed by atoms with Gasteiger partial charge >= 0.3 is 0 Å². The van der Waals surface area contributed by atoms with Crippen LogP contribution in [-0.2, 0) is 0 Å². The molecular formula is C10H18ClN. The maximum absolute atomic E-state index is 3.43. The molecule has 2 rings (SSSR count). The fourth-order valence-corrected chi connectivity index (χ4v) is 1.65. The van der Waals surface area contributed by atoms with Crippen molar-refractivity contribution in [3.63, 3.8) is 0 Å². The summed E-state index contributed by atoms with van der Waals surface area (Å²) < 4.78 is 0. The van der Waals surface area contributed by atoms with Gasteiger partial charge in [-0.15, -0.1) is 12.4 Å². The van der Waals surface area contributed by atoms with Gasteiger partial charge in [-0.05, 0) is 44.1 Å². The summed E-state index contributed by atoms with van der Waals surface area (Å²) >= 11 is 0. The number of hydrogen-bond acceptors (Lipinski definition) is 1. The van der Waals surface area contributed by atoms with Gasteiger partial charge in [0.2, 0.25) is 0 Å². The zero-order chi connectivity index (χ0) is 7.52. The van der Waals surface area contributed by atoms with Crippen molar-refractivity contribution >= 4 is 12.4 Å². The predicted octanol–water partition coefficient (Wildman–Crippen LogP) is 2.37. The van der Waals surface area contributed by atoms with Crippen LogP contribution in [0.15, 0.2) is 12.2 Å². The van der Waals surface area contributed by atoms with E-state index in [0.717, 1.165) is 11.8 Å². The van der Waals surface area contributed by atoms with Gasteiger partial charge in [-0.2, -0.15) is 0 Å². The standard InChI is InChI=1S/C10H17N.ClH/c1-2-10(8-11-7-1)6-5-9-3-4-9;/h5-6,9-11H,1-4,7-8H2;1H/b6-5+;. The number of nitrogens with one attached hydrogen (secondary N) is 1. The Morgan fingerprint density at radius 3 is 2.33 bits per heavy atom. The number of piperidine rings is 1. The molecule has 0 amide bonds. The Morgan fingerprint density at radius 1 is 1.00 bits per heavy atom. The SMILES string of the molecule is C(=C\C1CCCNC1)/C1CC1.Cl. The van der Waals surface area contributed by atoms with Crippen LogP contribution in [0.4, 0.5) is 0 Å². The van der Waals surface area contributed by atoms with Gasteiger partial charge in [0.1, 0.15) is 0 Å². The molecular weight excluding hydrogens is 170 g/mol. The molecule has 1 heterocycles. The molecule has 1 nitrogen and oxygen atoms in total. The Balaban J connectivity index is 0.000000720. The molecule has 0 bridgehead atoms. The highest BCUT2D eigenvalue weighted by Gasteiger charge is 2.18. The van der Waals surface area contributed by atoms with E-state index in [1.54, 1.807) is 0 Å². The second-order valence-electron chi connectivity index (χ2n) is 3.83. The number of allylic oxidation sites excluding steroid dienone is 1. The highest BCUT2D eigenvalue weighted by molar-refractivity contribution is 5.85. The molecule has 1 aliphatic carbocycles. The summed E-state index contributed by atoms with van der Waals surface area (Å²) in [6, 6.07) is 0. The smallest absolute Gasteiger partial charge is 0.00142 e. The van der Waals surface area contributed by atoms with Crippen molar-refractivity contribution in [2.75, 3.05) is 13.1 Å². The lowest BCUT2D eigenvalue weighted by Crippen LogP contribution is -2.28. The summed E-state index contributed by atoms with van der Waals surface area (Å²) in [7, 11) is 0. The van der Waals surface area contributed by atoms with E-state index in [-0.39, 0.29) is 12.4 Å². The maximum Gasteiger partial charge on any atom is 0.00142 e. The van der Waals surface area contributed by atoms with Crippen LogP contribution < -0.4 is 5.32 Å². The third-order valence-corrected chi connectivity index (χ3v) is 2.61. The largest absolute Gasteiger partial charge is 0.316 e. The first kappa shape index (κ1) is 10.1. The summed E-state index contributed by atoms with van der Waals surface area (Å²) in [5, 5.41) is 3.43. The van der Waals surface area contributed by atoms with Crippen LogP contribution in [0.2, 0.25) is 0 Å². The van der Waals surface area contributed by atoms with Crippen LogP contribution in [0.25, 0.3) is 0 Å². The van der Waals surface area contributed by atoms with E-state index < -0.39 is 0 Å². The lowest BCUT2D eigenvalue weighted by molar-refractivity contribution is 0.437. The second-order valence-corrected chi connectivity index (χ2v) is 3.83. The molecule has 2 fully saturated rings. The first-order chi connectivity index (χ1) is 5.45. The zero-order valence-electron chi connectivity index (χ0n) is 7.46. The van der Waals surface area contributed by atoms with Crippen LogP contribution in [0, 0.1) is 11.8 Å². The first-order valence-corrected chi connectivity index (χ1v) is 4.84. The van der Waals surface area contributed by atoms with Crippen molar-refractivity contribution in [2.45, 2.75) is 25.7 Å². The quantitative estimate of drug-likeness (QED) is 0.655. The molecule has 70 valence electrons. The molecule has 0 spiro atoms. The van der Waals surface area contributed by atoms with Crippen LogP contribution in [0.3, 0.4) is 0 Å². The molecule has 1 aliphatic heterocycles. The van der Waals surface area contributed by atoms with Gasteiger partial charge in [-0.25, -0.2) is 0 Å². The Kier molecular flexibility index (Phi) is 4.10. The topological polar surface area (TPSA) is 12.0 Å². The molecule has 1 unspecified atom stereocenters. The van der Waals surface area contributed by atoms with Gasteiger partial charge in [0, 0.05) is 6.54 Å². The molecule has 0 aromatic rings. The van der Waals surface area contributed by atoms with E-state index in [1.165, 1.54) is 38.8 Å². The molecule has 0 aromatic carbocycles. The van der Waals surface area contributed by atoms with E-state index in [4.69, 9.17) is 0 Å². The first-order valence-electron chi connectivity index (χ1n) is 4.84. The van der Waals surface area contributed by atoms with E-state index >= 15 is 0 Å². The summed E-state index contributed by atoms with van der Waals surface area (Å²) in [5.41, 5.74) is 0. The fraction of sp³-hybridized carbons (Fsp3) is 0.800. The Bertz CT molecular complexity index is 146. The maximum atomic E-state index is 3.43. The van der Waals surface area contributed by atoms with Crippen LogP contribution >= 0.6 is 12.4 Å². The van der Waals surface area contributed by atoms with Crippen molar-refractivity contribution in [3.8, 4) is 0 Å². The third-order valence-electron chi connectivity index (χ3n) is 2.61. The summed E-state index contributed by atoms with van der Waals surface area (Å²) in [5.74, 6) is 1.79. The molecule has 2 aliphatic rings. The van der Waals surface area contributed by atoms with Gasteiger partial charge in [0.15, 0.2) is 0 Å². The van der Waals surface area contributed by atoms with Gasteiger partial charge < -0.3 is 5.32 Å². The molecule has 1 atom stereocenters. The van der Waals surface area contributed by atoms with Gasteiger partial charge in [-0.3, -0.25) is 0 Å². The number of hydrogen-bond donors (Lipinski definition) is 1. The minimum atomic E-state index is 0. The number of halogens is 1. The number of rotatable bonds is 2. The lowest BCUT2D eigenvalue weighted by Gasteiger charge is -2.19.